The third-order valence-electron chi connectivity index (χ3n) is 6.43. The maximum atomic E-state index is 13.5. The summed E-state index contributed by atoms with van der Waals surface area (Å²) in [5.41, 5.74) is 2.88. The van der Waals surface area contributed by atoms with Crippen molar-refractivity contribution in [3.05, 3.63) is 89.5 Å². The smallest absolute Gasteiger partial charge is 0.339 e. The number of hydrogen-bond donors (Lipinski definition) is 0. The Bertz CT molecular complexity index is 1360. The molecule has 0 aliphatic carbocycles. The summed E-state index contributed by atoms with van der Waals surface area (Å²) in [5, 5.41) is 4.94. The highest BCUT2D eigenvalue weighted by atomic mass is 16.6. The summed E-state index contributed by atoms with van der Waals surface area (Å²) in [7, 11) is 0. The van der Waals surface area contributed by atoms with Gasteiger partial charge in [0, 0.05) is 23.2 Å². The molecule has 0 saturated carbocycles. The maximum Gasteiger partial charge on any atom is 0.339 e. The fourth-order valence-corrected chi connectivity index (χ4v) is 4.90. The van der Waals surface area contributed by atoms with Crippen LogP contribution in [-0.2, 0) is 10.3 Å². The summed E-state index contributed by atoms with van der Waals surface area (Å²) in [6.07, 6.45) is 1.47. The van der Waals surface area contributed by atoms with Gasteiger partial charge < -0.3 is 14.2 Å². The molecule has 6 nitrogen and oxygen atoms in total. The summed E-state index contributed by atoms with van der Waals surface area (Å²) in [5.74, 6) is 0.240. The Labute approximate surface area is 184 Å². The Balaban J connectivity index is 1.34. The summed E-state index contributed by atoms with van der Waals surface area (Å²) < 4.78 is 11.4. The van der Waals surface area contributed by atoms with Gasteiger partial charge in [-0.25, -0.2) is 4.79 Å². The molecule has 1 spiro atoms. The minimum absolute atomic E-state index is 0.0911. The summed E-state index contributed by atoms with van der Waals surface area (Å²) >= 11 is 0. The molecular weight excluding hydrogens is 404 g/mol. The monoisotopic (exact) mass is 424 g/mol. The molecule has 2 aliphatic rings. The van der Waals surface area contributed by atoms with E-state index in [2.05, 4.69) is 5.16 Å². The molecule has 0 N–H and O–H groups in total. The van der Waals surface area contributed by atoms with Crippen LogP contribution in [0.4, 0.5) is 0 Å². The number of ether oxygens (including phenoxy) is 1. The lowest BCUT2D eigenvalue weighted by molar-refractivity contribution is -0.0442. The van der Waals surface area contributed by atoms with Crippen molar-refractivity contribution in [1.29, 1.82) is 0 Å². The van der Waals surface area contributed by atoms with Crippen molar-refractivity contribution in [2.24, 2.45) is 0 Å². The normalized spacial score (nSPS) is 19.9. The number of likely N-dealkylation sites (tertiary alicyclic amines) is 1. The van der Waals surface area contributed by atoms with Crippen LogP contribution in [0.1, 0.15) is 39.1 Å². The number of esters is 1. The molecule has 32 heavy (non-hydrogen) atoms. The highest BCUT2D eigenvalue weighted by molar-refractivity contribution is 6.01. The van der Waals surface area contributed by atoms with Gasteiger partial charge in [-0.3, -0.25) is 4.79 Å². The number of amides is 1. The first-order valence-corrected chi connectivity index (χ1v) is 10.7. The van der Waals surface area contributed by atoms with Crippen molar-refractivity contribution in [2.75, 3.05) is 13.1 Å². The standard InChI is InChI=1S/C26H20N2O4/c29-24(18-11-12-22-20(15-18)23(32-27-22)17-7-2-1-3-8-17)28-14-6-13-26(16-28)21-10-5-4-9-19(21)25(30)31-26/h1-5,7-12,15H,6,13-14,16H2. The molecule has 1 aromatic heterocycles. The number of hydrogen-bond acceptors (Lipinski definition) is 5. The van der Waals surface area contributed by atoms with Crippen molar-refractivity contribution >= 4 is 22.8 Å². The van der Waals surface area contributed by atoms with Crippen molar-refractivity contribution in [3.8, 4) is 11.3 Å². The zero-order valence-corrected chi connectivity index (χ0v) is 17.3. The average Bonchev–Trinajstić information content (AvgIpc) is 3.38. The number of nitrogens with zero attached hydrogens (tertiary/aromatic N) is 2. The summed E-state index contributed by atoms with van der Waals surface area (Å²) in [6, 6.07) is 22.6. The number of rotatable bonds is 2. The molecule has 4 aromatic rings. The predicted octanol–water partition coefficient (Wildman–Crippen LogP) is 4.80. The van der Waals surface area contributed by atoms with Crippen LogP contribution in [-0.4, -0.2) is 35.0 Å². The van der Waals surface area contributed by atoms with Crippen molar-refractivity contribution in [3.63, 3.8) is 0 Å². The molecule has 1 saturated heterocycles. The minimum atomic E-state index is -0.766. The van der Waals surface area contributed by atoms with Gasteiger partial charge in [-0.05, 0) is 37.1 Å². The molecule has 0 bridgehead atoms. The van der Waals surface area contributed by atoms with Crippen molar-refractivity contribution < 1.29 is 18.8 Å². The van der Waals surface area contributed by atoms with Gasteiger partial charge in [0.1, 0.15) is 5.52 Å². The third-order valence-corrected chi connectivity index (χ3v) is 6.43. The van der Waals surface area contributed by atoms with Crippen LogP contribution in [0.2, 0.25) is 0 Å². The Morgan fingerprint density at radius 1 is 1.00 bits per heavy atom. The molecule has 0 radical (unpaired) electrons. The molecule has 3 aromatic carbocycles. The fourth-order valence-electron chi connectivity index (χ4n) is 4.90. The molecule has 1 fully saturated rings. The van der Waals surface area contributed by atoms with Crippen LogP contribution in [0, 0.1) is 0 Å². The first-order valence-electron chi connectivity index (χ1n) is 10.7. The molecule has 2 aliphatic heterocycles. The lowest BCUT2D eigenvalue weighted by Crippen LogP contribution is -2.48. The lowest BCUT2D eigenvalue weighted by atomic mass is 9.85. The van der Waals surface area contributed by atoms with Crippen LogP contribution in [0.3, 0.4) is 0 Å². The molecule has 3 heterocycles. The highest BCUT2D eigenvalue weighted by Gasteiger charge is 2.48. The molecule has 1 unspecified atom stereocenters. The lowest BCUT2D eigenvalue weighted by Gasteiger charge is -2.39. The van der Waals surface area contributed by atoms with Gasteiger partial charge in [0.25, 0.3) is 5.91 Å². The number of carbonyl (C=O) groups excluding carboxylic acids is 2. The van der Waals surface area contributed by atoms with E-state index in [-0.39, 0.29) is 11.9 Å². The second kappa shape index (κ2) is 7.05. The van der Waals surface area contributed by atoms with Gasteiger partial charge in [0.05, 0.1) is 17.5 Å². The van der Waals surface area contributed by atoms with Gasteiger partial charge in [0.15, 0.2) is 11.4 Å². The van der Waals surface area contributed by atoms with Crippen molar-refractivity contribution in [2.45, 2.75) is 18.4 Å². The van der Waals surface area contributed by atoms with Gasteiger partial charge in [-0.15, -0.1) is 0 Å². The van der Waals surface area contributed by atoms with Crippen LogP contribution in [0.25, 0.3) is 22.2 Å². The van der Waals surface area contributed by atoms with Crippen LogP contribution in [0.5, 0.6) is 0 Å². The van der Waals surface area contributed by atoms with Crippen LogP contribution < -0.4 is 0 Å². The van der Waals surface area contributed by atoms with E-state index in [0.717, 1.165) is 22.9 Å². The van der Waals surface area contributed by atoms with Crippen LogP contribution >= 0.6 is 0 Å². The van der Waals surface area contributed by atoms with Gasteiger partial charge >= 0.3 is 5.97 Å². The highest BCUT2D eigenvalue weighted by Crippen LogP contribution is 2.43. The minimum Gasteiger partial charge on any atom is -0.449 e. The van der Waals surface area contributed by atoms with E-state index in [0.29, 0.717) is 41.9 Å². The third kappa shape index (κ3) is 2.83. The average molecular weight is 424 g/mol. The van der Waals surface area contributed by atoms with Crippen LogP contribution in [0.15, 0.2) is 77.3 Å². The topological polar surface area (TPSA) is 72.6 Å². The van der Waals surface area contributed by atoms with Crippen molar-refractivity contribution in [1.82, 2.24) is 10.1 Å². The van der Waals surface area contributed by atoms with E-state index in [1.807, 2.05) is 60.7 Å². The van der Waals surface area contributed by atoms with E-state index in [1.165, 1.54) is 0 Å². The molecule has 1 amide bonds. The number of fused-ring (bicyclic) bond motifs is 3. The maximum absolute atomic E-state index is 13.5. The fraction of sp³-hybridized carbons (Fsp3) is 0.192. The Hall–Kier alpha value is -3.93. The predicted molar refractivity (Wildman–Crippen MR) is 118 cm³/mol. The second-order valence-electron chi connectivity index (χ2n) is 8.37. The molecule has 6 rings (SSSR count). The molecule has 1 atom stereocenters. The number of piperidine rings is 1. The second-order valence-corrected chi connectivity index (χ2v) is 8.37. The van der Waals surface area contributed by atoms with E-state index >= 15 is 0 Å². The summed E-state index contributed by atoms with van der Waals surface area (Å²) in [4.78, 5) is 27.7. The SMILES string of the molecule is O=C1OC2(CCCN(C(=O)c3ccc4noc(-c5ccccc5)c4c3)C2)c2ccccc21. The number of benzene rings is 3. The van der Waals surface area contributed by atoms with Gasteiger partial charge in [-0.1, -0.05) is 53.7 Å². The quantitative estimate of drug-likeness (QED) is 0.433. The Morgan fingerprint density at radius 2 is 1.81 bits per heavy atom. The number of aromatic nitrogens is 1. The van der Waals surface area contributed by atoms with Gasteiger partial charge in [-0.2, -0.15) is 0 Å². The molecule has 6 heteroatoms. The Morgan fingerprint density at radius 3 is 2.69 bits per heavy atom. The Kier molecular flexibility index (Phi) is 4.15. The zero-order chi connectivity index (χ0) is 21.7. The molecule has 158 valence electrons. The molecular formula is C26H20N2O4. The largest absolute Gasteiger partial charge is 0.449 e. The van der Waals surface area contributed by atoms with E-state index in [4.69, 9.17) is 9.26 Å². The number of carbonyl (C=O) groups is 2. The van der Waals surface area contributed by atoms with Gasteiger partial charge in [0.2, 0.25) is 0 Å². The zero-order valence-electron chi connectivity index (χ0n) is 17.3. The van der Waals surface area contributed by atoms with E-state index in [9.17, 15) is 9.59 Å². The first kappa shape index (κ1) is 18.8. The van der Waals surface area contributed by atoms with E-state index in [1.54, 1.807) is 17.0 Å². The first-order chi connectivity index (χ1) is 15.6. The van der Waals surface area contributed by atoms with E-state index < -0.39 is 5.60 Å². The summed E-state index contributed by atoms with van der Waals surface area (Å²) in [6.45, 7) is 0.968.